The molecule has 0 aliphatic heterocycles. The quantitative estimate of drug-likeness (QED) is 0.636. The molecule has 2 atom stereocenters. The number of methoxy groups -OCH3 is 2. The summed E-state index contributed by atoms with van der Waals surface area (Å²) in [5, 5.41) is 22.9. The van der Waals surface area contributed by atoms with Crippen molar-refractivity contribution in [2.24, 2.45) is 0 Å². The van der Waals surface area contributed by atoms with E-state index in [-0.39, 0.29) is 13.0 Å². The van der Waals surface area contributed by atoms with Crippen molar-refractivity contribution in [3.05, 3.63) is 35.7 Å². The van der Waals surface area contributed by atoms with Gasteiger partial charge in [-0.2, -0.15) is 0 Å². The van der Waals surface area contributed by atoms with Gasteiger partial charge in [-0.1, -0.05) is 12.1 Å². The van der Waals surface area contributed by atoms with Crippen LogP contribution in [0.3, 0.4) is 0 Å². The van der Waals surface area contributed by atoms with Crippen molar-refractivity contribution in [3.8, 4) is 5.75 Å². The molecule has 0 spiro atoms. The number of carboxylic acid groups (broad SMARTS) is 1. The minimum Gasteiger partial charge on any atom is -0.497 e. The van der Waals surface area contributed by atoms with Gasteiger partial charge in [0.1, 0.15) is 17.6 Å². The number of nitrogens with zero attached hydrogens (tertiary/aromatic N) is 4. The summed E-state index contributed by atoms with van der Waals surface area (Å²) in [5.74, 6) is -0.619. The van der Waals surface area contributed by atoms with Gasteiger partial charge in [-0.05, 0) is 35.0 Å². The maximum atomic E-state index is 12.8. The Morgan fingerprint density at radius 1 is 1.35 bits per heavy atom. The third-order valence-electron chi connectivity index (χ3n) is 3.77. The number of aromatic nitrogens is 4. The zero-order valence-electron chi connectivity index (χ0n) is 14.7. The molecular weight excluding hydrogens is 342 g/mol. The Labute approximate surface area is 150 Å². The highest BCUT2D eigenvalue weighted by atomic mass is 16.5. The zero-order chi connectivity index (χ0) is 19.1. The maximum absolute atomic E-state index is 12.8. The summed E-state index contributed by atoms with van der Waals surface area (Å²) in [5.41, 5.74) is 0.818. The fourth-order valence-electron chi connectivity index (χ4n) is 2.45. The molecule has 0 fully saturated rings. The van der Waals surface area contributed by atoms with Gasteiger partial charge in [0.2, 0.25) is 5.91 Å². The van der Waals surface area contributed by atoms with Crippen LogP contribution in [-0.4, -0.2) is 64.1 Å². The van der Waals surface area contributed by atoms with Crippen LogP contribution in [-0.2, 0) is 20.7 Å². The molecule has 2 aromatic rings. The van der Waals surface area contributed by atoms with E-state index in [1.807, 2.05) is 6.07 Å². The molecule has 10 heteroatoms. The summed E-state index contributed by atoms with van der Waals surface area (Å²) in [6.07, 6.45) is 0.258. The number of amides is 1. The van der Waals surface area contributed by atoms with E-state index in [1.54, 1.807) is 32.2 Å². The van der Waals surface area contributed by atoms with Gasteiger partial charge in [-0.3, -0.25) is 4.79 Å². The topological polar surface area (TPSA) is 128 Å². The highest BCUT2D eigenvalue weighted by Gasteiger charge is 2.28. The van der Waals surface area contributed by atoms with Gasteiger partial charge < -0.3 is 19.9 Å². The number of hydrogen-bond donors (Lipinski definition) is 2. The van der Waals surface area contributed by atoms with Crippen LogP contribution in [0.4, 0.5) is 0 Å². The average Bonchev–Trinajstić information content (AvgIpc) is 3.05. The number of nitrogens with one attached hydrogen (secondary N) is 1. The molecule has 1 amide bonds. The molecule has 2 N–H and O–H groups in total. The summed E-state index contributed by atoms with van der Waals surface area (Å²) in [4.78, 5) is 24.0. The minimum atomic E-state index is -1.19. The van der Waals surface area contributed by atoms with E-state index in [2.05, 4.69) is 20.8 Å². The first-order valence-corrected chi connectivity index (χ1v) is 7.85. The molecule has 140 valence electrons. The normalized spacial score (nSPS) is 13.0. The molecule has 0 saturated carbocycles. The molecule has 2 rings (SSSR count). The zero-order valence-corrected chi connectivity index (χ0v) is 14.7. The predicted molar refractivity (Wildman–Crippen MR) is 89.7 cm³/mol. The summed E-state index contributed by atoms with van der Waals surface area (Å²) in [7, 11) is 2.91. The fourth-order valence-corrected chi connectivity index (χ4v) is 2.45. The highest BCUT2D eigenvalue weighted by Crippen LogP contribution is 2.19. The number of tetrazole rings is 1. The lowest BCUT2D eigenvalue weighted by Gasteiger charge is -2.20. The lowest BCUT2D eigenvalue weighted by atomic mass is 10.0. The van der Waals surface area contributed by atoms with Crippen LogP contribution in [0.15, 0.2) is 24.3 Å². The Morgan fingerprint density at radius 2 is 2.12 bits per heavy atom. The number of benzene rings is 1. The highest BCUT2D eigenvalue weighted by molar-refractivity contribution is 5.86. The molecule has 2 unspecified atom stereocenters. The first-order valence-electron chi connectivity index (χ1n) is 7.85. The SMILES string of the molecule is COCC(NC(=O)C(Cc1cccc(OC)c1)n1nnnc1C)C(=O)O. The largest absolute Gasteiger partial charge is 0.497 e. The van der Waals surface area contributed by atoms with Crippen LogP contribution in [0.25, 0.3) is 0 Å². The fraction of sp³-hybridized carbons (Fsp3) is 0.438. The summed E-state index contributed by atoms with van der Waals surface area (Å²) in [6.45, 7) is 1.51. The van der Waals surface area contributed by atoms with Gasteiger partial charge in [-0.15, -0.1) is 5.10 Å². The van der Waals surface area contributed by atoms with Crippen molar-refractivity contribution in [1.82, 2.24) is 25.5 Å². The van der Waals surface area contributed by atoms with Crippen molar-refractivity contribution in [2.75, 3.05) is 20.8 Å². The summed E-state index contributed by atoms with van der Waals surface area (Å²) >= 11 is 0. The number of aliphatic carboxylic acids is 1. The average molecular weight is 363 g/mol. The van der Waals surface area contributed by atoms with Crippen molar-refractivity contribution >= 4 is 11.9 Å². The monoisotopic (exact) mass is 363 g/mol. The van der Waals surface area contributed by atoms with Gasteiger partial charge in [0.05, 0.1) is 13.7 Å². The Balaban J connectivity index is 2.27. The van der Waals surface area contributed by atoms with E-state index in [0.717, 1.165) is 5.56 Å². The van der Waals surface area contributed by atoms with Gasteiger partial charge in [0.25, 0.3) is 0 Å². The van der Waals surface area contributed by atoms with E-state index in [4.69, 9.17) is 9.47 Å². The molecule has 1 aromatic carbocycles. The molecule has 0 radical (unpaired) electrons. The second-order valence-electron chi connectivity index (χ2n) is 5.60. The molecule has 1 aromatic heterocycles. The van der Waals surface area contributed by atoms with Crippen LogP contribution in [0.5, 0.6) is 5.75 Å². The summed E-state index contributed by atoms with van der Waals surface area (Å²) in [6, 6.07) is 5.24. The van der Waals surface area contributed by atoms with Crippen molar-refractivity contribution < 1.29 is 24.2 Å². The predicted octanol–water partition coefficient (Wildman–Crippen LogP) is -0.0103. The number of carbonyl (C=O) groups is 2. The number of aryl methyl sites for hydroxylation is 1. The van der Waals surface area contributed by atoms with Gasteiger partial charge in [-0.25, -0.2) is 9.48 Å². The second-order valence-corrected chi connectivity index (χ2v) is 5.60. The van der Waals surface area contributed by atoms with E-state index in [1.165, 1.54) is 11.8 Å². The maximum Gasteiger partial charge on any atom is 0.328 e. The van der Waals surface area contributed by atoms with E-state index in [9.17, 15) is 14.7 Å². The second kappa shape index (κ2) is 8.90. The van der Waals surface area contributed by atoms with Crippen LogP contribution < -0.4 is 10.1 Å². The molecule has 26 heavy (non-hydrogen) atoms. The lowest BCUT2D eigenvalue weighted by molar-refractivity contribution is -0.143. The molecule has 0 bridgehead atoms. The van der Waals surface area contributed by atoms with E-state index < -0.39 is 24.0 Å². The van der Waals surface area contributed by atoms with Crippen LogP contribution >= 0.6 is 0 Å². The van der Waals surface area contributed by atoms with Crippen LogP contribution in [0, 0.1) is 6.92 Å². The Hall–Kier alpha value is -3.01. The van der Waals surface area contributed by atoms with Crippen LogP contribution in [0.2, 0.25) is 0 Å². The van der Waals surface area contributed by atoms with Gasteiger partial charge in [0, 0.05) is 13.5 Å². The summed E-state index contributed by atoms with van der Waals surface area (Å²) < 4.78 is 11.4. The van der Waals surface area contributed by atoms with Crippen molar-refractivity contribution in [1.29, 1.82) is 0 Å². The van der Waals surface area contributed by atoms with Crippen LogP contribution in [0.1, 0.15) is 17.4 Å². The molecule has 0 aliphatic rings. The third-order valence-corrected chi connectivity index (χ3v) is 3.77. The standard InChI is InChI=1S/C16H21N5O5/c1-10-18-19-20-21(10)14(8-11-5-4-6-12(7-11)26-3)15(22)17-13(9-25-2)16(23)24/h4-7,13-14H,8-9H2,1-3H3,(H,17,22)(H,23,24). The van der Waals surface area contributed by atoms with Gasteiger partial charge >= 0.3 is 5.97 Å². The number of carbonyl (C=O) groups excluding carboxylic acids is 1. The van der Waals surface area contributed by atoms with Crippen molar-refractivity contribution in [3.63, 3.8) is 0 Å². The third kappa shape index (κ3) is 4.76. The molecule has 0 aliphatic carbocycles. The number of ether oxygens (including phenoxy) is 2. The Morgan fingerprint density at radius 3 is 2.69 bits per heavy atom. The Bertz CT molecular complexity index is 763. The van der Waals surface area contributed by atoms with Gasteiger partial charge in [0.15, 0.2) is 6.04 Å². The minimum absolute atomic E-state index is 0.151. The van der Waals surface area contributed by atoms with E-state index >= 15 is 0 Å². The smallest absolute Gasteiger partial charge is 0.328 e. The molecule has 0 saturated heterocycles. The number of hydrogen-bond acceptors (Lipinski definition) is 7. The Kier molecular flexibility index (Phi) is 6.61. The first-order chi connectivity index (χ1) is 12.5. The van der Waals surface area contributed by atoms with Crippen molar-refractivity contribution in [2.45, 2.75) is 25.4 Å². The molecule has 1 heterocycles. The first kappa shape index (κ1) is 19.3. The lowest BCUT2D eigenvalue weighted by Crippen LogP contribution is -2.47. The number of rotatable bonds is 9. The molecule has 10 nitrogen and oxygen atoms in total. The van der Waals surface area contributed by atoms with E-state index in [0.29, 0.717) is 11.6 Å². The molecular formula is C16H21N5O5. The number of carboxylic acids is 1.